The SMILES string of the molecule is CN=C(NCC(=O)Nc1cc(Br)ccc1C)NCc1ccc(OC)cc1OC. The Balaban J connectivity index is 1.89. The van der Waals surface area contributed by atoms with Crippen LogP contribution in [0.2, 0.25) is 0 Å². The minimum atomic E-state index is -0.161. The van der Waals surface area contributed by atoms with Gasteiger partial charge in [-0.2, -0.15) is 0 Å². The summed E-state index contributed by atoms with van der Waals surface area (Å²) in [4.78, 5) is 16.4. The first kappa shape index (κ1) is 21.6. The molecule has 28 heavy (non-hydrogen) atoms. The number of nitrogens with one attached hydrogen (secondary N) is 3. The van der Waals surface area contributed by atoms with E-state index in [1.54, 1.807) is 21.3 Å². The third-order valence-corrected chi connectivity index (χ3v) is 4.55. The molecule has 0 aromatic heterocycles. The van der Waals surface area contributed by atoms with Gasteiger partial charge in [0.15, 0.2) is 5.96 Å². The predicted octanol–water partition coefficient (Wildman–Crippen LogP) is 3.08. The summed E-state index contributed by atoms with van der Waals surface area (Å²) >= 11 is 3.41. The molecule has 7 nitrogen and oxygen atoms in total. The maximum atomic E-state index is 12.2. The van der Waals surface area contributed by atoms with Crippen LogP contribution in [-0.2, 0) is 11.3 Å². The predicted molar refractivity (Wildman–Crippen MR) is 115 cm³/mol. The normalized spacial score (nSPS) is 11.0. The molecule has 0 heterocycles. The van der Waals surface area contributed by atoms with Crippen LogP contribution >= 0.6 is 15.9 Å². The fourth-order valence-corrected chi connectivity index (χ4v) is 2.85. The summed E-state index contributed by atoms with van der Waals surface area (Å²) in [6, 6.07) is 11.3. The summed E-state index contributed by atoms with van der Waals surface area (Å²) in [7, 11) is 4.87. The Labute approximate surface area is 173 Å². The second-order valence-electron chi connectivity index (χ2n) is 5.96. The van der Waals surface area contributed by atoms with Crippen molar-refractivity contribution in [2.45, 2.75) is 13.5 Å². The number of amides is 1. The summed E-state index contributed by atoms with van der Waals surface area (Å²) in [5, 5.41) is 9.06. The molecule has 0 saturated heterocycles. The number of rotatable bonds is 7. The van der Waals surface area contributed by atoms with Crippen molar-refractivity contribution >= 4 is 33.5 Å². The highest BCUT2D eigenvalue weighted by Gasteiger charge is 2.09. The molecule has 150 valence electrons. The third-order valence-electron chi connectivity index (χ3n) is 4.05. The lowest BCUT2D eigenvalue weighted by Gasteiger charge is -2.15. The average Bonchev–Trinajstić information content (AvgIpc) is 2.70. The second-order valence-corrected chi connectivity index (χ2v) is 6.88. The van der Waals surface area contributed by atoms with Gasteiger partial charge in [0.05, 0.1) is 20.8 Å². The van der Waals surface area contributed by atoms with Crippen LogP contribution in [0.5, 0.6) is 11.5 Å². The molecule has 0 radical (unpaired) electrons. The van der Waals surface area contributed by atoms with Crippen LogP contribution in [0.3, 0.4) is 0 Å². The van der Waals surface area contributed by atoms with E-state index in [9.17, 15) is 4.79 Å². The highest BCUT2D eigenvalue weighted by molar-refractivity contribution is 9.10. The Kier molecular flexibility index (Phi) is 8.13. The number of aliphatic imine (C=N–C) groups is 1. The molecule has 0 saturated carbocycles. The van der Waals surface area contributed by atoms with Gasteiger partial charge in [0.25, 0.3) is 0 Å². The first-order chi connectivity index (χ1) is 13.5. The van der Waals surface area contributed by atoms with Crippen LogP contribution in [0, 0.1) is 6.92 Å². The van der Waals surface area contributed by atoms with Crippen molar-refractivity contribution in [1.82, 2.24) is 10.6 Å². The highest BCUT2D eigenvalue weighted by atomic mass is 79.9. The molecule has 0 aliphatic rings. The van der Waals surface area contributed by atoms with Crippen LogP contribution in [0.25, 0.3) is 0 Å². The first-order valence-electron chi connectivity index (χ1n) is 8.68. The van der Waals surface area contributed by atoms with Crippen molar-refractivity contribution in [2.75, 3.05) is 33.1 Å². The molecule has 0 fully saturated rings. The van der Waals surface area contributed by atoms with Gasteiger partial charge in [-0.05, 0) is 36.8 Å². The Bertz CT molecular complexity index is 855. The zero-order valence-corrected chi connectivity index (χ0v) is 18.0. The average molecular weight is 449 g/mol. The number of guanidine groups is 1. The van der Waals surface area contributed by atoms with Gasteiger partial charge in [0.2, 0.25) is 5.91 Å². The lowest BCUT2D eigenvalue weighted by molar-refractivity contribution is -0.115. The quantitative estimate of drug-likeness (QED) is 0.447. The van der Waals surface area contributed by atoms with Gasteiger partial charge in [-0.25, -0.2) is 0 Å². The molecule has 0 aliphatic carbocycles. The van der Waals surface area contributed by atoms with Crippen LogP contribution < -0.4 is 25.4 Å². The van der Waals surface area contributed by atoms with E-state index >= 15 is 0 Å². The number of carbonyl (C=O) groups is 1. The van der Waals surface area contributed by atoms with E-state index in [-0.39, 0.29) is 12.5 Å². The molecule has 2 rings (SSSR count). The molecule has 2 aromatic rings. The molecular formula is C20H25BrN4O3. The summed E-state index contributed by atoms with van der Waals surface area (Å²) in [6.45, 7) is 2.52. The Morgan fingerprint density at radius 3 is 2.57 bits per heavy atom. The van der Waals surface area contributed by atoms with E-state index in [1.165, 1.54) is 0 Å². The molecule has 0 aliphatic heterocycles. The van der Waals surface area contributed by atoms with E-state index in [1.807, 2.05) is 43.3 Å². The van der Waals surface area contributed by atoms with Crippen molar-refractivity contribution in [2.24, 2.45) is 4.99 Å². The van der Waals surface area contributed by atoms with Crippen molar-refractivity contribution < 1.29 is 14.3 Å². The monoisotopic (exact) mass is 448 g/mol. The van der Waals surface area contributed by atoms with E-state index in [0.717, 1.165) is 27.0 Å². The van der Waals surface area contributed by atoms with Crippen molar-refractivity contribution in [3.05, 3.63) is 52.0 Å². The van der Waals surface area contributed by atoms with Gasteiger partial charge in [-0.1, -0.05) is 22.0 Å². The van der Waals surface area contributed by atoms with Crippen LogP contribution in [0.1, 0.15) is 11.1 Å². The Morgan fingerprint density at radius 1 is 1.11 bits per heavy atom. The molecule has 2 aromatic carbocycles. The second kappa shape index (κ2) is 10.6. The molecule has 0 spiro atoms. The van der Waals surface area contributed by atoms with Crippen LogP contribution in [-0.4, -0.2) is 39.7 Å². The third kappa shape index (κ3) is 6.16. The van der Waals surface area contributed by atoms with Gasteiger partial charge in [0, 0.05) is 35.4 Å². The number of carbonyl (C=O) groups excluding carboxylic acids is 1. The standard InChI is InChI=1S/C20H25BrN4O3/c1-13-5-7-15(21)9-17(13)25-19(26)12-24-20(22-2)23-11-14-6-8-16(27-3)10-18(14)28-4/h5-10H,11-12H2,1-4H3,(H,25,26)(H2,22,23,24). The first-order valence-corrected chi connectivity index (χ1v) is 9.47. The van der Waals surface area contributed by atoms with Gasteiger partial charge in [-0.15, -0.1) is 0 Å². The number of benzene rings is 2. The zero-order valence-electron chi connectivity index (χ0n) is 16.4. The fourth-order valence-electron chi connectivity index (χ4n) is 2.48. The molecule has 3 N–H and O–H groups in total. The molecule has 0 bridgehead atoms. The molecule has 0 unspecified atom stereocenters. The maximum Gasteiger partial charge on any atom is 0.243 e. The Morgan fingerprint density at radius 2 is 1.89 bits per heavy atom. The zero-order chi connectivity index (χ0) is 20.5. The number of hydrogen-bond acceptors (Lipinski definition) is 4. The molecule has 8 heteroatoms. The van der Waals surface area contributed by atoms with Gasteiger partial charge >= 0.3 is 0 Å². The maximum absolute atomic E-state index is 12.2. The van der Waals surface area contributed by atoms with Crippen molar-refractivity contribution in [3.8, 4) is 11.5 Å². The minimum Gasteiger partial charge on any atom is -0.497 e. The van der Waals surface area contributed by atoms with E-state index in [2.05, 4.69) is 36.9 Å². The number of methoxy groups -OCH3 is 2. The lowest BCUT2D eigenvalue weighted by Crippen LogP contribution is -2.41. The lowest BCUT2D eigenvalue weighted by atomic mass is 10.2. The minimum absolute atomic E-state index is 0.0887. The van der Waals surface area contributed by atoms with Gasteiger partial charge in [0.1, 0.15) is 11.5 Å². The fraction of sp³-hybridized carbons (Fsp3) is 0.300. The van der Waals surface area contributed by atoms with Crippen LogP contribution in [0.15, 0.2) is 45.9 Å². The largest absolute Gasteiger partial charge is 0.497 e. The summed E-state index contributed by atoms with van der Waals surface area (Å²) in [5.41, 5.74) is 2.71. The van der Waals surface area contributed by atoms with Crippen molar-refractivity contribution in [1.29, 1.82) is 0 Å². The molecule has 0 atom stereocenters. The number of hydrogen-bond donors (Lipinski definition) is 3. The number of halogens is 1. The van der Waals surface area contributed by atoms with Crippen molar-refractivity contribution in [3.63, 3.8) is 0 Å². The van der Waals surface area contributed by atoms with E-state index in [4.69, 9.17) is 9.47 Å². The number of ether oxygens (including phenoxy) is 2. The molecular weight excluding hydrogens is 424 g/mol. The summed E-state index contributed by atoms with van der Waals surface area (Å²) in [6.07, 6.45) is 0. The van der Waals surface area contributed by atoms with Crippen LogP contribution in [0.4, 0.5) is 5.69 Å². The smallest absolute Gasteiger partial charge is 0.243 e. The number of anilines is 1. The highest BCUT2D eigenvalue weighted by Crippen LogP contribution is 2.24. The van der Waals surface area contributed by atoms with E-state index < -0.39 is 0 Å². The van der Waals surface area contributed by atoms with Gasteiger partial charge < -0.3 is 25.4 Å². The van der Waals surface area contributed by atoms with Gasteiger partial charge in [-0.3, -0.25) is 9.79 Å². The number of nitrogens with zero attached hydrogens (tertiary/aromatic N) is 1. The topological polar surface area (TPSA) is 84.0 Å². The molecule has 1 amide bonds. The summed E-state index contributed by atoms with van der Waals surface area (Å²) < 4.78 is 11.5. The van der Waals surface area contributed by atoms with E-state index in [0.29, 0.717) is 18.3 Å². The number of aryl methyl sites for hydroxylation is 1. The summed E-state index contributed by atoms with van der Waals surface area (Å²) in [5.74, 6) is 1.79. The Hall–Kier alpha value is -2.74.